The van der Waals surface area contributed by atoms with Gasteiger partial charge in [-0.25, -0.2) is 0 Å². The Morgan fingerprint density at radius 1 is 1.38 bits per heavy atom. The topological polar surface area (TPSA) is 70.5 Å². The minimum Gasteiger partial charge on any atom is -0.481 e. The number of carboxylic acids is 1. The molecule has 5 nitrogen and oxygen atoms in total. The number of likely N-dealkylation sites (tertiary alicyclic amines) is 1. The summed E-state index contributed by atoms with van der Waals surface area (Å²) in [7, 11) is 0. The van der Waals surface area contributed by atoms with Gasteiger partial charge in [-0.3, -0.25) is 14.6 Å². The molecule has 2 heterocycles. The maximum atomic E-state index is 12.8. The number of carboxylic acid groups (broad SMARTS) is 1. The molecule has 1 amide bonds. The zero-order chi connectivity index (χ0) is 15.8. The van der Waals surface area contributed by atoms with Crippen molar-refractivity contribution in [2.24, 2.45) is 11.8 Å². The van der Waals surface area contributed by atoms with Gasteiger partial charge in [0.05, 0.1) is 11.5 Å². The second-order valence-electron chi connectivity index (χ2n) is 5.03. The number of nitrogens with zero attached hydrogens (tertiary/aromatic N) is 2. The maximum absolute atomic E-state index is 12.8. The molecule has 0 saturated carbocycles. The number of pyridine rings is 1. The molecule has 0 aliphatic carbocycles. The molecular formula is C13H13F3N2O3. The van der Waals surface area contributed by atoms with Gasteiger partial charge in [-0.1, -0.05) is 6.92 Å². The third-order valence-electron chi connectivity index (χ3n) is 3.52. The Labute approximate surface area is 118 Å². The number of carbonyl (C=O) groups is 2. The van der Waals surface area contributed by atoms with Crippen LogP contribution in [0.1, 0.15) is 23.0 Å². The van der Waals surface area contributed by atoms with Crippen molar-refractivity contribution < 1.29 is 27.9 Å². The van der Waals surface area contributed by atoms with Gasteiger partial charge in [-0.05, 0) is 18.1 Å². The molecule has 2 atom stereocenters. The molecule has 1 aliphatic heterocycles. The first kappa shape index (κ1) is 15.3. The number of aliphatic carboxylic acids is 1. The molecule has 0 bridgehead atoms. The van der Waals surface area contributed by atoms with Crippen molar-refractivity contribution >= 4 is 11.9 Å². The number of carbonyl (C=O) groups excluding carboxylic acids is 1. The van der Waals surface area contributed by atoms with Gasteiger partial charge in [0.1, 0.15) is 0 Å². The summed E-state index contributed by atoms with van der Waals surface area (Å²) >= 11 is 0. The van der Waals surface area contributed by atoms with E-state index in [2.05, 4.69) is 4.98 Å². The summed E-state index contributed by atoms with van der Waals surface area (Å²) in [5.74, 6) is -2.97. The van der Waals surface area contributed by atoms with Crippen LogP contribution in [-0.4, -0.2) is 40.0 Å². The second kappa shape index (κ2) is 5.34. The summed E-state index contributed by atoms with van der Waals surface area (Å²) in [4.78, 5) is 27.6. The van der Waals surface area contributed by atoms with Crippen molar-refractivity contribution in [2.75, 3.05) is 13.1 Å². The molecular weight excluding hydrogens is 289 g/mol. The number of halogens is 3. The molecule has 1 aliphatic rings. The van der Waals surface area contributed by atoms with Crippen molar-refractivity contribution in [3.63, 3.8) is 0 Å². The summed E-state index contributed by atoms with van der Waals surface area (Å²) in [5, 5.41) is 9.01. The Hall–Kier alpha value is -2.12. The number of amides is 1. The number of alkyl halides is 3. The molecule has 8 heteroatoms. The number of hydrogen-bond acceptors (Lipinski definition) is 3. The van der Waals surface area contributed by atoms with E-state index in [1.54, 1.807) is 6.92 Å². The van der Waals surface area contributed by atoms with Crippen LogP contribution in [0.5, 0.6) is 0 Å². The largest absolute Gasteiger partial charge is 0.481 e. The zero-order valence-electron chi connectivity index (χ0n) is 11.1. The summed E-state index contributed by atoms with van der Waals surface area (Å²) in [6, 6.07) is 2.30. The number of aromatic nitrogens is 1. The lowest BCUT2D eigenvalue weighted by atomic mass is 9.99. The predicted molar refractivity (Wildman–Crippen MR) is 65.4 cm³/mol. The number of rotatable bonds is 2. The molecule has 2 rings (SSSR count). The molecule has 0 radical (unpaired) electrons. The van der Waals surface area contributed by atoms with E-state index in [4.69, 9.17) is 5.11 Å². The van der Waals surface area contributed by atoms with Crippen molar-refractivity contribution in [1.29, 1.82) is 0 Å². The van der Waals surface area contributed by atoms with Gasteiger partial charge in [-0.2, -0.15) is 13.2 Å². The zero-order valence-corrected chi connectivity index (χ0v) is 11.1. The monoisotopic (exact) mass is 302 g/mol. The highest BCUT2D eigenvalue weighted by atomic mass is 19.4. The van der Waals surface area contributed by atoms with Gasteiger partial charge in [0.15, 0.2) is 5.69 Å². The molecule has 0 spiro atoms. The standard InChI is InChI=1S/C13H13F3N2O3/c1-7-5-18(6-9(7)12(20)21)11(19)8-3-2-4-17-10(8)13(14,15)16/h2-4,7,9H,5-6H2,1H3,(H,20,21)/t7-,9-/m1/s1. The van der Waals surface area contributed by atoms with Crippen molar-refractivity contribution in [2.45, 2.75) is 13.1 Å². The highest BCUT2D eigenvalue weighted by Crippen LogP contribution is 2.32. The SMILES string of the molecule is C[C@@H]1CN(C(=O)c2cccnc2C(F)(F)F)C[C@H]1C(=O)O. The van der Waals surface area contributed by atoms with Gasteiger partial charge >= 0.3 is 12.1 Å². The average Bonchev–Trinajstić information content (AvgIpc) is 2.79. The Morgan fingerprint density at radius 2 is 2.05 bits per heavy atom. The Morgan fingerprint density at radius 3 is 2.57 bits per heavy atom. The third-order valence-corrected chi connectivity index (χ3v) is 3.52. The Kier molecular flexibility index (Phi) is 3.89. The van der Waals surface area contributed by atoms with Crippen LogP contribution in [0.15, 0.2) is 18.3 Å². The maximum Gasteiger partial charge on any atom is 0.434 e. The first-order valence-electron chi connectivity index (χ1n) is 6.26. The highest BCUT2D eigenvalue weighted by molar-refractivity contribution is 5.96. The molecule has 114 valence electrons. The lowest BCUT2D eigenvalue weighted by Crippen LogP contribution is -2.32. The van der Waals surface area contributed by atoms with Gasteiger partial charge in [0, 0.05) is 19.3 Å². The first-order valence-corrected chi connectivity index (χ1v) is 6.26. The van der Waals surface area contributed by atoms with Gasteiger partial charge in [0.2, 0.25) is 0 Å². The minimum absolute atomic E-state index is 0.0957. The highest BCUT2D eigenvalue weighted by Gasteiger charge is 2.41. The van der Waals surface area contributed by atoms with Crippen LogP contribution in [-0.2, 0) is 11.0 Å². The number of hydrogen-bond donors (Lipinski definition) is 1. The van der Waals surface area contributed by atoms with Crippen LogP contribution >= 0.6 is 0 Å². The van der Waals surface area contributed by atoms with E-state index in [-0.39, 0.29) is 19.0 Å². The fraction of sp³-hybridized carbons (Fsp3) is 0.462. The second-order valence-corrected chi connectivity index (χ2v) is 5.03. The van der Waals surface area contributed by atoms with E-state index in [0.717, 1.165) is 17.2 Å². The Balaban J connectivity index is 2.29. The van der Waals surface area contributed by atoms with Crippen LogP contribution in [0.3, 0.4) is 0 Å². The average molecular weight is 302 g/mol. The van der Waals surface area contributed by atoms with Gasteiger partial charge in [-0.15, -0.1) is 0 Å². The summed E-state index contributed by atoms with van der Waals surface area (Å²) in [6.07, 6.45) is -3.77. The molecule has 1 saturated heterocycles. The van der Waals surface area contributed by atoms with E-state index >= 15 is 0 Å². The summed E-state index contributed by atoms with van der Waals surface area (Å²) in [6.45, 7) is 1.67. The van der Waals surface area contributed by atoms with E-state index in [1.165, 1.54) is 6.07 Å². The molecule has 0 unspecified atom stereocenters. The van der Waals surface area contributed by atoms with E-state index < -0.39 is 35.2 Å². The lowest BCUT2D eigenvalue weighted by molar-refractivity contribution is -0.143. The van der Waals surface area contributed by atoms with E-state index in [9.17, 15) is 22.8 Å². The molecule has 1 N–H and O–H groups in total. The Bertz CT molecular complexity index is 574. The molecule has 1 aromatic rings. The van der Waals surface area contributed by atoms with Crippen LogP contribution in [0, 0.1) is 11.8 Å². The van der Waals surface area contributed by atoms with Crippen molar-refractivity contribution in [1.82, 2.24) is 9.88 Å². The van der Waals surface area contributed by atoms with Crippen LogP contribution < -0.4 is 0 Å². The first-order chi connectivity index (χ1) is 9.71. The normalized spacial score (nSPS) is 22.4. The van der Waals surface area contributed by atoms with Crippen LogP contribution in [0.25, 0.3) is 0 Å². The quantitative estimate of drug-likeness (QED) is 0.905. The van der Waals surface area contributed by atoms with E-state index in [0.29, 0.717) is 0 Å². The van der Waals surface area contributed by atoms with Crippen molar-refractivity contribution in [3.8, 4) is 0 Å². The molecule has 1 aromatic heterocycles. The summed E-state index contributed by atoms with van der Waals surface area (Å²) < 4.78 is 38.5. The minimum atomic E-state index is -4.73. The van der Waals surface area contributed by atoms with Crippen LogP contribution in [0.4, 0.5) is 13.2 Å². The van der Waals surface area contributed by atoms with Gasteiger partial charge in [0.25, 0.3) is 5.91 Å². The summed E-state index contributed by atoms with van der Waals surface area (Å²) in [5.41, 5.74) is -1.80. The van der Waals surface area contributed by atoms with Gasteiger partial charge < -0.3 is 10.0 Å². The third kappa shape index (κ3) is 2.98. The lowest BCUT2D eigenvalue weighted by Gasteiger charge is -2.18. The van der Waals surface area contributed by atoms with Crippen molar-refractivity contribution in [3.05, 3.63) is 29.6 Å². The van der Waals surface area contributed by atoms with E-state index in [1.807, 2.05) is 0 Å². The van der Waals surface area contributed by atoms with Crippen LogP contribution in [0.2, 0.25) is 0 Å². The molecule has 0 aromatic carbocycles. The fourth-order valence-electron chi connectivity index (χ4n) is 2.43. The smallest absolute Gasteiger partial charge is 0.434 e. The molecule has 21 heavy (non-hydrogen) atoms. The molecule has 1 fully saturated rings. The predicted octanol–water partition coefficient (Wildman–Crippen LogP) is 1.89. The fourth-order valence-corrected chi connectivity index (χ4v) is 2.43.